The summed E-state index contributed by atoms with van der Waals surface area (Å²) in [6.07, 6.45) is 2.12. The number of carboxylic acid groups (broad SMARTS) is 1. The first kappa shape index (κ1) is 21.9. The number of benzene rings is 1. The minimum absolute atomic E-state index is 0.188. The van der Waals surface area contributed by atoms with Crippen molar-refractivity contribution in [1.82, 2.24) is 19.9 Å². The van der Waals surface area contributed by atoms with Gasteiger partial charge in [-0.05, 0) is 43.5 Å². The molecule has 0 amide bonds. The third-order valence-corrected chi connectivity index (χ3v) is 6.64. The maximum absolute atomic E-state index is 11.4. The summed E-state index contributed by atoms with van der Waals surface area (Å²) in [5.74, 6) is 0.109. The fourth-order valence-corrected chi connectivity index (χ4v) is 4.82. The number of fused-ring (bicyclic) bond motifs is 1. The quantitative estimate of drug-likeness (QED) is 0.580. The molecule has 0 saturated carbocycles. The van der Waals surface area contributed by atoms with Crippen molar-refractivity contribution in [3.63, 3.8) is 0 Å². The van der Waals surface area contributed by atoms with Gasteiger partial charge in [0.15, 0.2) is 5.65 Å². The number of carbonyl (C=O) groups is 1. The van der Waals surface area contributed by atoms with Crippen LogP contribution in [0.1, 0.15) is 28.8 Å². The van der Waals surface area contributed by atoms with Crippen LogP contribution in [0.2, 0.25) is 5.02 Å². The Kier molecular flexibility index (Phi) is 6.09. The van der Waals surface area contributed by atoms with E-state index >= 15 is 0 Å². The van der Waals surface area contributed by atoms with E-state index in [2.05, 4.69) is 19.8 Å². The van der Waals surface area contributed by atoms with Gasteiger partial charge in [-0.2, -0.15) is 4.98 Å². The van der Waals surface area contributed by atoms with Crippen molar-refractivity contribution in [3.8, 4) is 11.8 Å². The molecule has 2 saturated heterocycles. The van der Waals surface area contributed by atoms with E-state index < -0.39 is 5.97 Å². The number of piperidine rings is 1. The number of pyridine rings is 1. The van der Waals surface area contributed by atoms with Crippen molar-refractivity contribution >= 4 is 34.6 Å². The van der Waals surface area contributed by atoms with Crippen LogP contribution in [0.4, 0.5) is 5.82 Å². The Morgan fingerprint density at radius 3 is 2.67 bits per heavy atom. The molecular weight excluding hydrogens is 446 g/mol. The highest BCUT2D eigenvalue weighted by Crippen LogP contribution is 2.32. The number of hydrogen-bond donors (Lipinski definition) is 2. The third-order valence-electron chi connectivity index (χ3n) is 6.37. The molecule has 2 aromatic heterocycles. The number of halogens is 1. The van der Waals surface area contributed by atoms with Gasteiger partial charge in [0, 0.05) is 32.2 Å². The smallest absolute Gasteiger partial charge is 0.336 e. The number of ether oxygens (including phenoxy) is 2. The Bertz CT molecular complexity index is 1170. The molecule has 33 heavy (non-hydrogen) atoms. The van der Waals surface area contributed by atoms with Crippen LogP contribution in [-0.2, 0) is 4.74 Å². The van der Waals surface area contributed by atoms with E-state index in [4.69, 9.17) is 26.1 Å². The fourth-order valence-electron chi connectivity index (χ4n) is 4.55. The van der Waals surface area contributed by atoms with E-state index in [0.717, 1.165) is 58.1 Å². The molecule has 3 aromatic rings. The lowest BCUT2D eigenvalue weighted by Crippen LogP contribution is -2.49. The zero-order valence-electron chi connectivity index (χ0n) is 18.4. The van der Waals surface area contributed by atoms with E-state index in [0.29, 0.717) is 33.5 Å². The molecule has 0 atom stereocenters. The van der Waals surface area contributed by atoms with Crippen LogP contribution in [0.25, 0.3) is 11.2 Å². The predicted octanol–water partition coefficient (Wildman–Crippen LogP) is 3.71. The molecule has 10 heteroatoms. The van der Waals surface area contributed by atoms with Gasteiger partial charge < -0.3 is 24.5 Å². The van der Waals surface area contributed by atoms with E-state index in [9.17, 15) is 9.90 Å². The van der Waals surface area contributed by atoms with Crippen molar-refractivity contribution in [2.45, 2.75) is 25.8 Å². The van der Waals surface area contributed by atoms with Gasteiger partial charge in [0.25, 0.3) is 0 Å². The van der Waals surface area contributed by atoms with E-state index in [1.54, 1.807) is 19.1 Å². The number of aryl methyl sites for hydroxylation is 1. The summed E-state index contributed by atoms with van der Waals surface area (Å²) in [5, 5.41) is 9.89. The maximum Gasteiger partial charge on any atom is 0.336 e. The van der Waals surface area contributed by atoms with Gasteiger partial charge in [0.1, 0.15) is 11.6 Å². The molecule has 0 aliphatic carbocycles. The summed E-state index contributed by atoms with van der Waals surface area (Å²) in [4.78, 5) is 28.3. The second-order valence-corrected chi connectivity index (χ2v) is 8.86. The lowest BCUT2D eigenvalue weighted by atomic mass is 10.0. The number of morpholine rings is 1. The van der Waals surface area contributed by atoms with Crippen molar-refractivity contribution < 1.29 is 19.4 Å². The largest absolute Gasteiger partial charge is 0.478 e. The first-order valence-corrected chi connectivity index (χ1v) is 11.5. The zero-order valence-corrected chi connectivity index (χ0v) is 19.1. The predicted molar refractivity (Wildman–Crippen MR) is 125 cm³/mol. The average Bonchev–Trinajstić information content (AvgIpc) is 3.21. The van der Waals surface area contributed by atoms with Crippen molar-refractivity contribution in [2.75, 3.05) is 44.3 Å². The van der Waals surface area contributed by atoms with Gasteiger partial charge in [-0.1, -0.05) is 17.7 Å². The van der Waals surface area contributed by atoms with Crippen LogP contribution < -0.4 is 9.64 Å². The van der Waals surface area contributed by atoms with Crippen molar-refractivity contribution in [3.05, 3.63) is 40.4 Å². The Labute approximate surface area is 196 Å². The van der Waals surface area contributed by atoms with E-state index in [1.165, 1.54) is 6.07 Å². The molecule has 5 rings (SSSR count). The SMILES string of the molecule is Cc1ccc(Oc2nc3nc(N4CCC(N5CCOCC5)CC4)c(Cl)cc3[nH]2)cc1C(=O)O. The molecule has 0 bridgehead atoms. The topological polar surface area (TPSA) is 104 Å². The van der Waals surface area contributed by atoms with Gasteiger partial charge in [0.05, 0.1) is 29.3 Å². The summed E-state index contributed by atoms with van der Waals surface area (Å²) in [7, 11) is 0. The molecule has 174 valence electrons. The minimum Gasteiger partial charge on any atom is -0.478 e. The van der Waals surface area contributed by atoms with Crippen LogP contribution in [0.15, 0.2) is 24.3 Å². The number of H-pyrrole nitrogens is 1. The molecule has 0 unspecified atom stereocenters. The minimum atomic E-state index is -1.00. The number of nitrogens with one attached hydrogen (secondary N) is 1. The van der Waals surface area contributed by atoms with Gasteiger partial charge in [-0.15, -0.1) is 0 Å². The highest BCUT2D eigenvalue weighted by Gasteiger charge is 2.27. The number of aromatic nitrogens is 3. The van der Waals surface area contributed by atoms with Crippen LogP contribution in [0.3, 0.4) is 0 Å². The number of imidazole rings is 1. The Balaban J connectivity index is 1.31. The van der Waals surface area contributed by atoms with Gasteiger partial charge in [-0.3, -0.25) is 4.90 Å². The molecule has 4 heterocycles. The van der Waals surface area contributed by atoms with Crippen LogP contribution in [0.5, 0.6) is 11.8 Å². The van der Waals surface area contributed by atoms with E-state index in [1.807, 2.05) is 6.07 Å². The summed E-state index contributed by atoms with van der Waals surface area (Å²) in [5.41, 5.74) is 2.01. The Hall–Kier alpha value is -2.88. The monoisotopic (exact) mass is 471 g/mol. The number of aromatic carboxylic acids is 1. The second-order valence-electron chi connectivity index (χ2n) is 8.46. The van der Waals surface area contributed by atoms with Crippen LogP contribution in [0, 0.1) is 6.92 Å². The number of rotatable bonds is 5. The normalized spacial score (nSPS) is 18.1. The van der Waals surface area contributed by atoms with Crippen LogP contribution >= 0.6 is 11.6 Å². The van der Waals surface area contributed by atoms with E-state index in [-0.39, 0.29) is 11.6 Å². The maximum atomic E-state index is 11.4. The second kappa shape index (κ2) is 9.17. The summed E-state index contributed by atoms with van der Waals surface area (Å²) >= 11 is 6.58. The summed E-state index contributed by atoms with van der Waals surface area (Å²) in [6, 6.07) is 7.51. The average molecular weight is 472 g/mol. The molecular formula is C23H26ClN5O4. The molecule has 2 aliphatic rings. The molecule has 0 radical (unpaired) electrons. The lowest BCUT2D eigenvalue weighted by molar-refractivity contribution is 0.0115. The molecule has 2 fully saturated rings. The first-order chi connectivity index (χ1) is 16.0. The Morgan fingerprint density at radius 2 is 1.94 bits per heavy atom. The molecule has 1 aromatic carbocycles. The van der Waals surface area contributed by atoms with Crippen molar-refractivity contribution in [2.24, 2.45) is 0 Å². The highest BCUT2D eigenvalue weighted by atomic mass is 35.5. The fraction of sp³-hybridized carbons (Fsp3) is 0.435. The number of nitrogens with zero attached hydrogens (tertiary/aromatic N) is 4. The highest BCUT2D eigenvalue weighted by molar-refractivity contribution is 6.33. The van der Waals surface area contributed by atoms with Crippen molar-refractivity contribution in [1.29, 1.82) is 0 Å². The first-order valence-electron chi connectivity index (χ1n) is 11.1. The number of hydrogen-bond acceptors (Lipinski definition) is 7. The number of carboxylic acids is 1. The Morgan fingerprint density at radius 1 is 1.18 bits per heavy atom. The van der Waals surface area contributed by atoms with Gasteiger partial charge >= 0.3 is 12.0 Å². The van der Waals surface area contributed by atoms with Gasteiger partial charge in [0.2, 0.25) is 0 Å². The zero-order chi connectivity index (χ0) is 22.9. The third kappa shape index (κ3) is 4.62. The molecule has 2 aliphatic heterocycles. The van der Waals surface area contributed by atoms with Crippen LogP contribution in [-0.4, -0.2) is 76.4 Å². The standard InChI is InChI=1S/C23H26ClN5O4/c1-14-2-3-16(12-17(14)22(30)31)33-23-25-19-13-18(24)21(26-20(19)27-23)29-6-4-15(5-7-29)28-8-10-32-11-9-28/h2-3,12-13,15H,4-11H2,1H3,(H,30,31)(H,25,26,27). The summed E-state index contributed by atoms with van der Waals surface area (Å²) in [6.45, 7) is 7.14. The van der Waals surface area contributed by atoms with Gasteiger partial charge in [-0.25, -0.2) is 9.78 Å². The number of aromatic amines is 1. The molecule has 2 N–H and O–H groups in total. The number of anilines is 1. The molecule has 0 spiro atoms. The molecule has 9 nitrogen and oxygen atoms in total. The summed E-state index contributed by atoms with van der Waals surface area (Å²) < 4.78 is 11.2. The lowest BCUT2D eigenvalue weighted by Gasteiger charge is -2.40.